The van der Waals surface area contributed by atoms with Gasteiger partial charge in [-0.1, -0.05) is 16.9 Å². The van der Waals surface area contributed by atoms with E-state index in [1.54, 1.807) is 0 Å². The van der Waals surface area contributed by atoms with Crippen LogP contribution in [0.5, 0.6) is 0 Å². The zero-order valence-electron chi connectivity index (χ0n) is 16.5. The number of amides is 2. The maximum absolute atomic E-state index is 12.6. The Bertz CT molecular complexity index is 1050. The monoisotopic (exact) mass is 523 g/mol. The van der Waals surface area contributed by atoms with Crippen molar-refractivity contribution in [3.63, 3.8) is 0 Å². The van der Waals surface area contributed by atoms with E-state index in [1.807, 2.05) is 0 Å². The topological polar surface area (TPSA) is 187 Å². The number of thioether (sulfide) groups is 2. The molecular weight excluding hydrogens is 509 g/mol. The number of hydrogen-bond donors (Lipinski definition) is 3. The number of thiazole rings is 1. The molecule has 4 heterocycles. The van der Waals surface area contributed by atoms with Gasteiger partial charge < -0.3 is 31.1 Å². The van der Waals surface area contributed by atoms with Gasteiger partial charge in [0.15, 0.2) is 15.2 Å². The Kier molecular flexibility index (Phi) is 8.06. The minimum atomic E-state index is -1.25. The summed E-state index contributed by atoms with van der Waals surface area (Å²) in [6.07, 6.45) is 1.39. The van der Waals surface area contributed by atoms with Gasteiger partial charge >= 0.3 is 29.6 Å². The zero-order valence-corrected chi connectivity index (χ0v) is 21.7. The third-order valence-electron chi connectivity index (χ3n) is 4.76. The molecule has 0 saturated carbocycles. The van der Waals surface area contributed by atoms with Crippen molar-refractivity contribution in [3.05, 3.63) is 17.4 Å². The molecule has 0 radical (unpaired) electrons. The number of β-lactam (4-membered cyclic amide) rings is 1. The molecule has 17 heteroatoms. The summed E-state index contributed by atoms with van der Waals surface area (Å²) in [5, 5.41) is 27.8. The summed E-state index contributed by atoms with van der Waals surface area (Å²) < 4.78 is 4.52. The molecule has 3 atom stereocenters. The molecule has 32 heavy (non-hydrogen) atoms. The van der Waals surface area contributed by atoms with E-state index in [0.717, 1.165) is 22.9 Å². The maximum Gasteiger partial charge on any atom is 1.00 e. The number of anilines is 1. The number of carboxylic acid groups (broad SMARTS) is 1. The van der Waals surface area contributed by atoms with Crippen molar-refractivity contribution in [3.8, 4) is 0 Å². The molecule has 4 N–H and O–H groups in total. The number of carbonyl (C=O) groups excluding carboxylic acids is 3. The number of carbonyl (C=O) groups is 3. The van der Waals surface area contributed by atoms with Crippen LogP contribution in [-0.2, 0) is 14.4 Å². The Morgan fingerprint density at radius 2 is 2.28 bits per heavy atom. The number of carboxylic acids is 1. The first-order chi connectivity index (χ1) is 14.8. The van der Waals surface area contributed by atoms with E-state index in [2.05, 4.69) is 24.8 Å². The summed E-state index contributed by atoms with van der Waals surface area (Å²) in [5.74, 6) is -2.07. The second kappa shape index (κ2) is 10.2. The fraction of sp³-hybridized carbons (Fsp3) is 0.400. The second-order valence-electron chi connectivity index (χ2n) is 6.70. The third kappa shape index (κ3) is 4.76. The van der Waals surface area contributed by atoms with Crippen LogP contribution in [0.2, 0.25) is 0 Å². The van der Waals surface area contributed by atoms with Crippen molar-refractivity contribution in [2.75, 3.05) is 23.8 Å². The first-order valence-corrected chi connectivity index (χ1v) is 12.3. The van der Waals surface area contributed by atoms with Crippen LogP contribution in [0, 0.1) is 5.41 Å². The fourth-order valence-corrected chi connectivity index (χ4v) is 6.98. The zero-order chi connectivity index (χ0) is 22.2. The number of rotatable bonds is 7. The molecule has 0 spiro atoms. The average Bonchev–Trinajstić information content (AvgIpc) is 3.42. The standard InChI is InChI=1S/C15H15N7O5S4.Na/c16-13-19-6(1-28-13)7(21-27)9(23)20-8-10(24)22-2-15(12(25)26,3-29-11(8)22)4-30-14-17-5-18-31-14;/h1,5,8,11,27H,2-4H2,(H2,16,19)(H,20,23)(H,25,26);/q;+1/p-1/t8?,11-,15?;/m1./s1. The predicted molar refractivity (Wildman–Crippen MR) is 113 cm³/mol. The average molecular weight is 524 g/mol. The molecule has 0 aromatic carbocycles. The van der Waals surface area contributed by atoms with Gasteiger partial charge in [0, 0.05) is 28.8 Å². The number of nitrogens with zero attached hydrogens (tertiary/aromatic N) is 5. The molecule has 164 valence electrons. The number of fused-ring (bicyclic) bond motifs is 1. The van der Waals surface area contributed by atoms with Gasteiger partial charge in [0.25, 0.3) is 5.91 Å². The Morgan fingerprint density at radius 3 is 2.88 bits per heavy atom. The number of nitrogen functional groups attached to an aromatic ring is 1. The van der Waals surface area contributed by atoms with E-state index in [0.29, 0.717) is 4.34 Å². The van der Waals surface area contributed by atoms with E-state index < -0.39 is 34.6 Å². The van der Waals surface area contributed by atoms with E-state index in [4.69, 9.17) is 5.73 Å². The van der Waals surface area contributed by atoms with Gasteiger partial charge in [-0.25, -0.2) is 9.97 Å². The Labute approximate surface area is 219 Å². The summed E-state index contributed by atoms with van der Waals surface area (Å²) in [6, 6.07) is -0.874. The van der Waals surface area contributed by atoms with Gasteiger partial charge in [0.2, 0.25) is 5.91 Å². The van der Waals surface area contributed by atoms with Gasteiger partial charge in [0.1, 0.15) is 23.4 Å². The van der Waals surface area contributed by atoms with Crippen molar-refractivity contribution in [1.82, 2.24) is 24.6 Å². The molecule has 2 saturated heterocycles. The molecule has 12 nitrogen and oxygen atoms in total. The number of oxime groups is 1. The molecular formula is C15H14N7NaO5S4. The summed E-state index contributed by atoms with van der Waals surface area (Å²) in [5.41, 5.74) is 4.01. The van der Waals surface area contributed by atoms with Gasteiger partial charge in [-0.15, -0.1) is 23.1 Å². The van der Waals surface area contributed by atoms with Gasteiger partial charge in [-0.2, -0.15) is 4.37 Å². The summed E-state index contributed by atoms with van der Waals surface area (Å²) in [4.78, 5) is 46.4. The van der Waals surface area contributed by atoms with Crippen LogP contribution in [0.3, 0.4) is 0 Å². The van der Waals surface area contributed by atoms with Crippen LogP contribution in [0.1, 0.15) is 5.69 Å². The smallest absolute Gasteiger partial charge is 0.549 e. The van der Waals surface area contributed by atoms with Gasteiger partial charge in [-0.3, -0.25) is 9.59 Å². The maximum atomic E-state index is 12.6. The number of nitrogens with two attached hydrogens (primary N) is 1. The van der Waals surface area contributed by atoms with Crippen LogP contribution < -0.4 is 45.7 Å². The molecule has 0 aliphatic carbocycles. The Balaban J connectivity index is 0.00000289. The molecule has 2 aliphatic rings. The quantitative estimate of drug-likeness (QED) is 0.0795. The molecule has 0 bridgehead atoms. The van der Waals surface area contributed by atoms with E-state index in [-0.39, 0.29) is 64.1 Å². The Hall–Kier alpha value is -1.43. The molecule has 2 aliphatic heterocycles. The number of hydrogen-bond acceptors (Lipinski definition) is 14. The minimum Gasteiger partial charge on any atom is -0.549 e. The number of aromatic nitrogens is 3. The SMILES string of the molecule is Nc1nc(C(=NO)C(=O)NC2C(=O)N3CC(CSc4ncns4)(C(=O)[O-])CS[C@H]23)cs1.[Na+]. The molecule has 2 aromatic rings. The van der Waals surface area contributed by atoms with Crippen molar-refractivity contribution < 1.29 is 54.3 Å². The van der Waals surface area contributed by atoms with Crippen LogP contribution >= 0.6 is 46.4 Å². The molecule has 2 aromatic heterocycles. The second-order valence-corrected chi connectivity index (χ2v) is 10.7. The van der Waals surface area contributed by atoms with Gasteiger partial charge in [-0.05, 0) is 11.5 Å². The van der Waals surface area contributed by atoms with Gasteiger partial charge in [0.05, 0.1) is 5.97 Å². The first-order valence-electron chi connectivity index (χ1n) is 8.62. The van der Waals surface area contributed by atoms with E-state index in [9.17, 15) is 24.7 Å². The van der Waals surface area contributed by atoms with Crippen molar-refractivity contribution in [2.45, 2.75) is 15.8 Å². The summed E-state index contributed by atoms with van der Waals surface area (Å²) >= 11 is 4.73. The summed E-state index contributed by atoms with van der Waals surface area (Å²) in [7, 11) is 0. The molecule has 2 amide bonds. The Morgan fingerprint density at radius 1 is 1.50 bits per heavy atom. The van der Waals surface area contributed by atoms with Crippen LogP contribution in [-0.4, -0.2) is 77.4 Å². The van der Waals surface area contributed by atoms with Crippen molar-refractivity contribution in [2.24, 2.45) is 10.6 Å². The summed E-state index contributed by atoms with van der Waals surface area (Å²) in [6.45, 7) is -0.0342. The third-order valence-corrected chi connectivity index (χ3v) is 9.11. The van der Waals surface area contributed by atoms with Crippen molar-refractivity contribution >= 4 is 75.0 Å². The molecule has 2 unspecified atom stereocenters. The fourth-order valence-electron chi connectivity index (χ4n) is 3.14. The van der Waals surface area contributed by atoms with E-state index in [1.165, 1.54) is 40.1 Å². The molecule has 4 rings (SSSR count). The minimum absolute atomic E-state index is 0. The first kappa shape index (κ1) is 25.2. The predicted octanol–water partition coefficient (Wildman–Crippen LogP) is -4.31. The number of aliphatic carboxylic acids is 1. The number of nitrogens with one attached hydrogen (secondary N) is 1. The van der Waals surface area contributed by atoms with Crippen LogP contribution in [0.25, 0.3) is 0 Å². The van der Waals surface area contributed by atoms with Crippen LogP contribution in [0.4, 0.5) is 5.13 Å². The van der Waals surface area contributed by atoms with Crippen LogP contribution in [0.15, 0.2) is 21.2 Å². The van der Waals surface area contributed by atoms with E-state index >= 15 is 0 Å². The molecule has 2 fully saturated rings. The normalized spacial score (nSPS) is 24.8. The largest absolute Gasteiger partial charge is 1.00 e. The van der Waals surface area contributed by atoms with Crippen molar-refractivity contribution in [1.29, 1.82) is 0 Å².